The lowest BCUT2D eigenvalue weighted by Crippen LogP contribution is -2.37. The van der Waals surface area contributed by atoms with Crippen LogP contribution in [0.15, 0.2) is 54.7 Å². The third-order valence-electron chi connectivity index (χ3n) is 4.63. The monoisotopic (exact) mass is 420 g/mol. The number of ether oxygens (including phenoxy) is 2. The molecule has 0 bridgehead atoms. The highest BCUT2D eigenvalue weighted by molar-refractivity contribution is 6.25. The van der Waals surface area contributed by atoms with Gasteiger partial charge in [0.2, 0.25) is 5.78 Å². The molecule has 1 aromatic carbocycles. The fourth-order valence-electron chi connectivity index (χ4n) is 3.09. The van der Waals surface area contributed by atoms with Crippen molar-refractivity contribution >= 4 is 17.3 Å². The highest BCUT2D eigenvalue weighted by atomic mass is 19.4. The van der Waals surface area contributed by atoms with Crippen LogP contribution >= 0.6 is 0 Å². The maximum absolute atomic E-state index is 13.2. The maximum atomic E-state index is 13.2. The average molecular weight is 420 g/mol. The van der Waals surface area contributed by atoms with E-state index in [2.05, 4.69) is 10.3 Å². The van der Waals surface area contributed by atoms with E-state index in [9.17, 15) is 22.8 Å². The molecule has 0 spiro atoms. The van der Waals surface area contributed by atoms with Crippen molar-refractivity contribution in [1.82, 2.24) is 10.3 Å². The predicted octanol–water partition coefficient (Wildman–Crippen LogP) is 3.65. The Labute approximate surface area is 170 Å². The normalized spacial score (nSPS) is 17.5. The Morgan fingerprint density at radius 1 is 1.27 bits per heavy atom. The molecule has 30 heavy (non-hydrogen) atoms. The van der Waals surface area contributed by atoms with Crippen LogP contribution in [0.25, 0.3) is 5.57 Å². The van der Waals surface area contributed by atoms with E-state index in [1.165, 1.54) is 31.6 Å². The molecule has 9 heteroatoms. The summed E-state index contributed by atoms with van der Waals surface area (Å²) in [6.07, 6.45) is -2.39. The number of hydrogen-bond donors (Lipinski definition) is 1. The molecule has 1 aliphatic heterocycles. The summed E-state index contributed by atoms with van der Waals surface area (Å²) in [5, 5.41) is 2.82. The molecule has 0 aliphatic carbocycles. The van der Waals surface area contributed by atoms with Crippen LogP contribution in [-0.4, -0.2) is 29.9 Å². The van der Waals surface area contributed by atoms with Crippen molar-refractivity contribution in [1.29, 1.82) is 0 Å². The van der Waals surface area contributed by atoms with Gasteiger partial charge in [0.05, 0.1) is 18.2 Å². The summed E-state index contributed by atoms with van der Waals surface area (Å²) >= 11 is 0. The van der Waals surface area contributed by atoms with Crippen LogP contribution < -0.4 is 5.32 Å². The Balaban J connectivity index is 2.07. The largest absolute Gasteiger partial charge is 0.467 e. The fourth-order valence-corrected chi connectivity index (χ4v) is 3.09. The first kappa shape index (κ1) is 21.4. The molecule has 2 unspecified atom stereocenters. The van der Waals surface area contributed by atoms with Gasteiger partial charge in [0, 0.05) is 18.0 Å². The van der Waals surface area contributed by atoms with Crippen LogP contribution in [0.3, 0.4) is 0 Å². The standard InChI is InChI=1S/C21H19F3N2O4/c1-3-15(20(28)29-2)26-19-16(13-5-4-6-14(11-13)21(22,23)24)17(27)18(30-19)12-7-9-25-10-8-12/h4-11,15,18,26H,3H2,1-2H3. The zero-order chi connectivity index (χ0) is 21.9. The SMILES string of the molecule is CCC(NC1=C(c2cccc(C(F)(F)F)c2)C(=O)C(c2ccncc2)O1)C(=O)OC. The Morgan fingerprint density at radius 2 is 1.97 bits per heavy atom. The number of hydrogen-bond acceptors (Lipinski definition) is 6. The van der Waals surface area contributed by atoms with Gasteiger partial charge in [-0.25, -0.2) is 4.79 Å². The molecular formula is C21H19F3N2O4. The van der Waals surface area contributed by atoms with E-state index in [1.54, 1.807) is 19.1 Å². The van der Waals surface area contributed by atoms with Gasteiger partial charge >= 0.3 is 12.1 Å². The van der Waals surface area contributed by atoms with Gasteiger partial charge in [-0.15, -0.1) is 0 Å². The summed E-state index contributed by atoms with van der Waals surface area (Å²) < 4.78 is 50.1. The van der Waals surface area contributed by atoms with Gasteiger partial charge in [-0.1, -0.05) is 19.1 Å². The highest BCUT2D eigenvalue weighted by Gasteiger charge is 2.39. The molecule has 2 heterocycles. The van der Waals surface area contributed by atoms with Gasteiger partial charge in [-0.2, -0.15) is 13.2 Å². The van der Waals surface area contributed by atoms with Gasteiger partial charge in [0.25, 0.3) is 0 Å². The molecule has 1 aliphatic rings. The molecule has 0 fully saturated rings. The molecule has 0 amide bonds. The van der Waals surface area contributed by atoms with Crippen molar-refractivity contribution in [2.24, 2.45) is 0 Å². The van der Waals surface area contributed by atoms with E-state index in [0.29, 0.717) is 12.0 Å². The van der Waals surface area contributed by atoms with E-state index < -0.39 is 35.6 Å². The number of methoxy groups -OCH3 is 1. The summed E-state index contributed by atoms with van der Waals surface area (Å²) in [5.74, 6) is -1.18. The number of carbonyl (C=O) groups excluding carboxylic acids is 2. The molecule has 1 N–H and O–H groups in total. The minimum Gasteiger partial charge on any atom is -0.467 e. The third-order valence-corrected chi connectivity index (χ3v) is 4.63. The van der Waals surface area contributed by atoms with Gasteiger partial charge in [0.1, 0.15) is 6.04 Å². The summed E-state index contributed by atoms with van der Waals surface area (Å²) in [7, 11) is 1.22. The van der Waals surface area contributed by atoms with Crippen LogP contribution in [0.5, 0.6) is 0 Å². The molecule has 2 aromatic rings. The van der Waals surface area contributed by atoms with Crippen molar-refractivity contribution < 1.29 is 32.2 Å². The van der Waals surface area contributed by atoms with Crippen LogP contribution in [0, 0.1) is 0 Å². The second-order valence-electron chi connectivity index (χ2n) is 6.55. The van der Waals surface area contributed by atoms with Crippen LogP contribution in [-0.2, 0) is 25.2 Å². The minimum atomic E-state index is -4.57. The third kappa shape index (κ3) is 4.29. The maximum Gasteiger partial charge on any atom is 0.416 e. The zero-order valence-corrected chi connectivity index (χ0v) is 16.2. The van der Waals surface area contributed by atoms with Crippen LogP contribution in [0.2, 0.25) is 0 Å². The number of aromatic nitrogens is 1. The van der Waals surface area contributed by atoms with Crippen molar-refractivity contribution in [3.63, 3.8) is 0 Å². The summed E-state index contributed by atoms with van der Waals surface area (Å²) in [4.78, 5) is 29.0. The van der Waals surface area contributed by atoms with Gasteiger partial charge < -0.3 is 14.8 Å². The molecule has 1 aromatic heterocycles. The van der Waals surface area contributed by atoms with Crippen LogP contribution in [0.1, 0.15) is 36.1 Å². The number of nitrogens with one attached hydrogen (secondary N) is 1. The van der Waals surface area contributed by atoms with E-state index >= 15 is 0 Å². The molecule has 0 saturated carbocycles. The first-order chi connectivity index (χ1) is 14.3. The Morgan fingerprint density at radius 3 is 2.57 bits per heavy atom. The average Bonchev–Trinajstić information content (AvgIpc) is 3.07. The Hall–Kier alpha value is -3.36. The number of rotatable bonds is 6. The number of nitrogens with zero attached hydrogens (tertiary/aromatic N) is 1. The molecule has 2 atom stereocenters. The Bertz CT molecular complexity index is 974. The van der Waals surface area contributed by atoms with Gasteiger partial charge in [0.15, 0.2) is 12.0 Å². The number of alkyl halides is 3. The number of pyridine rings is 1. The van der Waals surface area contributed by atoms with Crippen molar-refractivity contribution in [2.45, 2.75) is 31.7 Å². The van der Waals surface area contributed by atoms with Gasteiger partial charge in [-0.3, -0.25) is 9.78 Å². The lowest BCUT2D eigenvalue weighted by atomic mass is 9.96. The smallest absolute Gasteiger partial charge is 0.416 e. The molecule has 0 saturated heterocycles. The number of benzene rings is 1. The minimum absolute atomic E-state index is 0.0357. The molecule has 3 rings (SSSR count). The quantitative estimate of drug-likeness (QED) is 0.719. The number of halogens is 3. The van der Waals surface area contributed by atoms with Crippen molar-refractivity contribution in [3.05, 3.63) is 71.4 Å². The van der Waals surface area contributed by atoms with Gasteiger partial charge in [-0.05, 0) is 36.2 Å². The topological polar surface area (TPSA) is 77.5 Å². The molecule has 6 nitrogen and oxygen atoms in total. The summed E-state index contributed by atoms with van der Waals surface area (Å²) in [6.45, 7) is 1.72. The summed E-state index contributed by atoms with van der Waals surface area (Å²) in [5.41, 5.74) is -0.437. The first-order valence-corrected chi connectivity index (χ1v) is 9.13. The second-order valence-corrected chi connectivity index (χ2v) is 6.55. The molecule has 158 valence electrons. The zero-order valence-electron chi connectivity index (χ0n) is 16.2. The van der Waals surface area contributed by atoms with E-state index in [1.807, 2.05) is 0 Å². The van der Waals surface area contributed by atoms with E-state index in [-0.39, 0.29) is 17.0 Å². The van der Waals surface area contributed by atoms with E-state index in [4.69, 9.17) is 9.47 Å². The number of Topliss-reactive ketones (excluding diaryl/α,β-unsaturated/α-hetero) is 1. The summed E-state index contributed by atoms with van der Waals surface area (Å²) in [6, 6.07) is 6.72. The molecule has 0 radical (unpaired) electrons. The first-order valence-electron chi connectivity index (χ1n) is 9.13. The second kappa shape index (κ2) is 8.56. The van der Waals surface area contributed by atoms with E-state index in [0.717, 1.165) is 12.1 Å². The highest BCUT2D eigenvalue weighted by Crippen LogP contribution is 2.39. The van der Waals surface area contributed by atoms with Crippen molar-refractivity contribution in [2.75, 3.05) is 7.11 Å². The van der Waals surface area contributed by atoms with Crippen molar-refractivity contribution in [3.8, 4) is 0 Å². The lowest BCUT2D eigenvalue weighted by molar-refractivity contribution is -0.143. The molecular weight excluding hydrogens is 401 g/mol. The fraction of sp³-hybridized carbons (Fsp3) is 0.286. The number of esters is 1. The lowest BCUT2D eigenvalue weighted by Gasteiger charge is -2.18. The Kier molecular flexibility index (Phi) is 6.09. The predicted molar refractivity (Wildman–Crippen MR) is 101 cm³/mol. The number of ketones is 1. The number of carbonyl (C=O) groups is 2. The van der Waals surface area contributed by atoms with Crippen LogP contribution in [0.4, 0.5) is 13.2 Å².